The number of sulfonamides is 1. The van der Waals surface area contributed by atoms with Crippen molar-refractivity contribution >= 4 is 39.6 Å². The van der Waals surface area contributed by atoms with Gasteiger partial charge in [0.15, 0.2) is 0 Å². The smallest absolute Gasteiger partial charge is 0.256 e. The van der Waals surface area contributed by atoms with Crippen LogP contribution >= 0.6 is 0 Å². The fourth-order valence-corrected chi connectivity index (χ4v) is 9.24. The highest BCUT2D eigenvalue weighted by Gasteiger charge is 2.43. The number of likely N-dealkylation sites (N-methyl/N-ethyl adjacent to an activating group) is 2. The SMILES string of the molecule is CCCCS(=O)(=O)NC(=O)[C@H](Cc1ccccc1)NC(=O)[C@H](C)[C@@H](OC)[C@@H]1CCCN1C(=O)C[C@@H](OC)[C@H]([C@@H](C)CC)N(C)C(=O)[C@@H](NC(=O)[C@@H](NC)C(C)C)C(C)C. The van der Waals surface area contributed by atoms with Crippen LogP contribution in [-0.2, 0) is 49.9 Å². The molecule has 4 N–H and O–H groups in total. The molecular formula is C43H74N6O9S. The molecule has 0 unspecified atom stereocenters. The lowest BCUT2D eigenvalue weighted by atomic mass is 9.89. The molecule has 1 aromatic carbocycles. The Balaban J connectivity index is 2.32. The van der Waals surface area contributed by atoms with Crippen molar-refractivity contribution in [2.24, 2.45) is 23.7 Å². The zero-order valence-electron chi connectivity index (χ0n) is 37.6. The van der Waals surface area contributed by atoms with Gasteiger partial charge < -0.3 is 35.2 Å². The van der Waals surface area contributed by atoms with Gasteiger partial charge in [-0.3, -0.25) is 28.7 Å². The van der Waals surface area contributed by atoms with Crippen molar-refractivity contribution in [3.63, 3.8) is 0 Å². The lowest BCUT2D eigenvalue weighted by Crippen LogP contribution is -2.59. The molecule has 1 fully saturated rings. The summed E-state index contributed by atoms with van der Waals surface area (Å²) in [7, 11) is 2.50. The lowest BCUT2D eigenvalue weighted by Gasteiger charge is -2.41. The first-order valence-corrected chi connectivity index (χ1v) is 22.9. The lowest BCUT2D eigenvalue weighted by molar-refractivity contribution is -0.148. The molecular weight excluding hydrogens is 777 g/mol. The molecule has 0 aliphatic carbocycles. The highest BCUT2D eigenvalue weighted by Crippen LogP contribution is 2.30. The van der Waals surface area contributed by atoms with Gasteiger partial charge in [-0.1, -0.05) is 98.6 Å². The van der Waals surface area contributed by atoms with Crippen LogP contribution in [0.15, 0.2) is 30.3 Å². The van der Waals surface area contributed by atoms with Crippen molar-refractivity contribution in [2.45, 2.75) is 143 Å². The molecule has 2 rings (SSSR count). The quantitative estimate of drug-likeness (QED) is 0.114. The first-order valence-electron chi connectivity index (χ1n) is 21.3. The maximum absolute atomic E-state index is 14.3. The Kier molecular flexibility index (Phi) is 21.5. The van der Waals surface area contributed by atoms with Gasteiger partial charge in [0.2, 0.25) is 33.7 Å². The summed E-state index contributed by atoms with van der Waals surface area (Å²) >= 11 is 0. The average molecular weight is 851 g/mol. The number of benzene rings is 1. The summed E-state index contributed by atoms with van der Waals surface area (Å²) in [5, 5.41) is 8.79. The highest BCUT2D eigenvalue weighted by atomic mass is 32.2. The first-order chi connectivity index (χ1) is 27.8. The highest BCUT2D eigenvalue weighted by molar-refractivity contribution is 7.90. The van der Waals surface area contributed by atoms with E-state index in [1.165, 1.54) is 14.2 Å². The van der Waals surface area contributed by atoms with Crippen LogP contribution in [0.2, 0.25) is 0 Å². The number of amides is 5. The second-order valence-electron chi connectivity index (χ2n) is 16.7. The third-order valence-electron chi connectivity index (χ3n) is 11.7. The van der Waals surface area contributed by atoms with Gasteiger partial charge in [0, 0.05) is 34.2 Å². The number of carbonyl (C=O) groups is 5. The number of hydrogen-bond donors (Lipinski definition) is 4. The van der Waals surface area contributed by atoms with E-state index < -0.39 is 70.2 Å². The van der Waals surface area contributed by atoms with Crippen LogP contribution in [0.5, 0.6) is 0 Å². The predicted octanol–water partition coefficient (Wildman–Crippen LogP) is 3.27. The van der Waals surface area contributed by atoms with E-state index in [4.69, 9.17) is 9.47 Å². The topological polar surface area (TPSA) is 193 Å². The van der Waals surface area contributed by atoms with E-state index in [1.54, 1.807) is 55.1 Å². The molecule has 59 heavy (non-hydrogen) atoms. The monoisotopic (exact) mass is 851 g/mol. The number of unbranched alkanes of at least 4 members (excludes halogenated alkanes) is 1. The van der Waals surface area contributed by atoms with E-state index in [0.717, 1.165) is 5.56 Å². The maximum Gasteiger partial charge on any atom is 0.256 e. The van der Waals surface area contributed by atoms with E-state index in [2.05, 4.69) is 20.7 Å². The van der Waals surface area contributed by atoms with Crippen LogP contribution in [0.4, 0.5) is 0 Å². The molecule has 1 aliphatic heterocycles. The summed E-state index contributed by atoms with van der Waals surface area (Å²) in [6.45, 7) is 15.6. The van der Waals surface area contributed by atoms with Crippen molar-refractivity contribution in [1.82, 2.24) is 30.5 Å². The Labute approximate surface area is 353 Å². The normalized spacial score (nSPS) is 18.6. The van der Waals surface area contributed by atoms with Gasteiger partial charge >= 0.3 is 0 Å². The zero-order valence-corrected chi connectivity index (χ0v) is 38.4. The van der Waals surface area contributed by atoms with Crippen LogP contribution in [0.3, 0.4) is 0 Å². The second kappa shape index (κ2) is 24.6. The van der Waals surface area contributed by atoms with Gasteiger partial charge in [0.25, 0.3) is 5.91 Å². The Morgan fingerprint density at radius 3 is 2.03 bits per heavy atom. The molecule has 0 bridgehead atoms. The molecule has 15 nitrogen and oxygen atoms in total. The number of nitrogens with zero attached hydrogens (tertiary/aromatic N) is 2. The summed E-state index contributed by atoms with van der Waals surface area (Å²) in [6.07, 6.45) is 1.52. The van der Waals surface area contributed by atoms with E-state index in [0.29, 0.717) is 38.6 Å². The summed E-state index contributed by atoms with van der Waals surface area (Å²) in [4.78, 5) is 72.4. The zero-order chi connectivity index (χ0) is 44.6. The number of likely N-dealkylation sites (tertiary alicyclic amines) is 1. The van der Waals surface area contributed by atoms with Crippen LogP contribution in [0.25, 0.3) is 0 Å². The molecule has 5 amide bonds. The van der Waals surface area contributed by atoms with Crippen molar-refractivity contribution in [2.75, 3.05) is 40.6 Å². The standard InChI is InChI=1S/C43H74N6O9S/c1-13-15-24-59(55,56)47-41(52)32(25-31-20-17-16-18-21-31)45-40(51)30(8)39(58-12)33-22-19-23-49(33)35(50)26-34(57-11)38(29(7)14-2)48(10)43(54)37(28(5)6)46-42(53)36(44-9)27(3)4/h16-18,20-21,27-30,32-34,36-39,44H,13-15,19,22-26H2,1-12H3,(H,45,51)(H,46,53)(H,47,52)/t29-,30+,32-,33-,34+,36-,37-,38-,39+/m0/s1. The second-order valence-corrected chi connectivity index (χ2v) is 18.6. The van der Waals surface area contributed by atoms with Crippen molar-refractivity contribution < 1.29 is 41.9 Å². The Bertz CT molecular complexity index is 1610. The molecule has 9 atom stereocenters. The molecule has 0 radical (unpaired) electrons. The molecule has 0 saturated carbocycles. The van der Waals surface area contributed by atoms with Gasteiger partial charge in [0.1, 0.15) is 12.1 Å². The van der Waals surface area contributed by atoms with Gasteiger partial charge in [-0.25, -0.2) is 8.42 Å². The van der Waals surface area contributed by atoms with Crippen LogP contribution < -0.4 is 20.7 Å². The van der Waals surface area contributed by atoms with E-state index >= 15 is 0 Å². The number of ether oxygens (including phenoxy) is 2. The minimum Gasteiger partial charge on any atom is -0.379 e. The number of rotatable bonds is 25. The van der Waals surface area contributed by atoms with Crippen LogP contribution in [0.1, 0.15) is 99.5 Å². The maximum atomic E-state index is 14.3. The largest absolute Gasteiger partial charge is 0.379 e. The summed E-state index contributed by atoms with van der Waals surface area (Å²) in [6, 6.07) is 5.55. The van der Waals surface area contributed by atoms with Crippen molar-refractivity contribution in [1.29, 1.82) is 0 Å². The van der Waals surface area contributed by atoms with E-state index in [-0.39, 0.29) is 54.1 Å². The molecule has 1 aromatic rings. The van der Waals surface area contributed by atoms with Crippen LogP contribution in [0, 0.1) is 23.7 Å². The van der Waals surface area contributed by atoms with E-state index in [1.807, 2.05) is 54.5 Å². The van der Waals surface area contributed by atoms with Gasteiger partial charge in [-0.2, -0.15) is 0 Å². The molecule has 336 valence electrons. The number of nitrogens with one attached hydrogen (secondary N) is 4. The third-order valence-corrected chi connectivity index (χ3v) is 13.0. The Morgan fingerprint density at radius 2 is 1.51 bits per heavy atom. The summed E-state index contributed by atoms with van der Waals surface area (Å²) < 4.78 is 39.4. The number of methoxy groups -OCH3 is 2. The van der Waals surface area contributed by atoms with Crippen LogP contribution in [-0.4, -0.2) is 131 Å². The van der Waals surface area contributed by atoms with E-state index in [9.17, 15) is 32.4 Å². The Morgan fingerprint density at radius 1 is 0.881 bits per heavy atom. The molecule has 1 heterocycles. The Hall–Kier alpha value is -3.60. The molecule has 0 aromatic heterocycles. The third kappa shape index (κ3) is 14.8. The predicted molar refractivity (Wildman–Crippen MR) is 229 cm³/mol. The number of carbonyl (C=O) groups excluding carboxylic acids is 5. The molecule has 0 spiro atoms. The fourth-order valence-electron chi connectivity index (χ4n) is 8.02. The molecule has 1 aliphatic rings. The molecule has 16 heteroatoms. The molecule has 1 saturated heterocycles. The first kappa shape index (κ1) is 51.5. The van der Waals surface area contributed by atoms with Crippen molar-refractivity contribution in [3.8, 4) is 0 Å². The fraction of sp³-hybridized carbons (Fsp3) is 0.744. The summed E-state index contributed by atoms with van der Waals surface area (Å²) in [5.41, 5.74) is 0.733. The van der Waals surface area contributed by atoms with Gasteiger partial charge in [0.05, 0.1) is 48.4 Å². The number of hydrogen-bond acceptors (Lipinski definition) is 10. The average Bonchev–Trinajstić information content (AvgIpc) is 3.68. The van der Waals surface area contributed by atoms with Gasteiger partial charge in [-0.15, -0.1) is 0 Å². The minimum atomic E-state index is -3.91. The minimum absolute atomic E-state index is 0.00572. The van der Waals surface area contributed by atoms with Crippen molar-refractivity contribution in [3.05, 3.63) is 35.9 Å². The van der Waals surface area contributed by atoms with Gasteiger partial charge in [-0.05, 0) is 49.6 Å². The summed E-state index contributed by atoms with van der Waals surface area (Å²) in [5.74, 6) is -3.43.